The first-order chi connectivity index (χ1) is 68.9. The van der Waals surface area contributed by atoms with E-state index >= 15 is 0 Å². The van der Waals surface area contributed by atoms with Gasteiger partial charge in [-0.15, -0.1) is 0 Å². The van der Waals surface area contributed by atoms with Crippen LogP contribution in [0.1, 0.15) is 208 Å². The number of aryl methyl sites for hydroxylation is 2. The van der Waals surface area contributed by atoms with E-state index in [0.717, 1.165) is 119 Å². The number of amides is 4. The average molecular weight is 2150 g/mol. The molecular formula is C114H118BrCl7F2N12O8. The molecule has 4 aromatic heterocycles. The quantitative estimate of drug-likeness (QED) is 0.0709. The Balaban J connectivity index is 0.000000113. The van der Waals surface area contributed by atoms with E-state index in [1.807, 2.05) is 92.7 Å². The molecule has 752 valence electrons. The summed E-state index contributed by atoms with van der Waals surface area (Å²) in [6, 6.07) is 42.6. The molecule has 4 N–H and O–H groups in total. The summed E-state index contributed by atoms with van der Waals surface area (Å²) in [5.74, 6) is 8.71. The summed E-state index contributed by atoms with van der Waals surface area (Å²) in [4.78, 5) is 54.4. The lowest BCUT2D eigenvalue weighted by atomic mass is 9.45. The molecule has 12 fully saturated rings. The van der Waals surface area contributed by atoms with Gasteiger partial charge in [0, 0.05) is 127 Å². The minimum absolute atomic E-state index is 0.0923. The van der Waals surface area contributed by atoms with Crippen LogP contribution in [-0.2, 0) is 25.7 Å². The number of carbonyl (C=O) groups is 4. The summed E-state index contributed by atoms with van der Waals surface area (Å²) in [6.45, 7) is 27.4. The molecule has 12 unspecified atom stereocenters. The topological polar surface area (TPSA) is 225 Å². The van der Waals surface area contributed by atoms with Crippen molar-refractivity contribution in [3.63, 3.8) is 0 Å². The van der Waals surface area contributed by atoms with Gasteiger partial charge in [0.2, 0.25) is 0 Å². The number of nitrogens with one attached hydrogen (secondary N) is 4. The van der Waals surface area contributed by atoms with Crippen molar-refractivity contribution in [2.75, 3.05) is 52.6 Å². The van der Waals surface area contributed by atoms with Crippen LogP contribution in [-0.4, -0.2) is 115 Å². The number of hydrogen-bond acceptors (Lipinski definition) is 12. The predicted molar refractivity (Wildman–Crippen MR) is 567 cm³/mol. The molecule has 8 aromatic carbocycles. The van der Waals surface area contributed by atoms with Crippen molar-refractivity contribution in [2.24, 2.45) is 92.7 Å². The molecule has 8 bridgehead atoms. The largest absolute Gasteiger partial charge is 0.493 e. The minimum atomic E-state index is -0.741. The van der Waals surface area contributed by atoms with Gasteiger partial charge in [-0.25, -0.2) is 27.5 Å². The number of aromatic nitrogens is 8. The zero-order valence-electron chi connectivity index (χ0n) is 82.4. The minimum Gasteiger partial charge on any atom is -0.493 e. The fourth-order valence-electron chi connectivity index (χ4n) is 26.5. The molecule has 12 saturated carbocycles. The number of ether oxygens (including phenoxy) is 4. The third kappa shape index (κ3) is 18.5. The van der Waals surface area contributed by atoms with Crippen LogP contribution < -0.4 is 40.2 Å². The van der Waals surface area contributed by atoms with Crippen molar-refractivity contribution in [3.8, 4) is 90.8 Å². The molecule has 4 amide bonds. The predicted octanol–water partition coefficient (Wildman–Crippen LogP) is 27.3. The van der Waals surface area contributed by atoms with Gasteiger partial charge in [0.1, 0.15) is 34.5 Å². The number of carbonyl (C=O) groups excluding carboxylic acids is 4. The third-order valence-electron chi connectivity index (χ3n) is 35.1. The van der Waals surface area contributed by atoms with Crippen molar-refractivity contribution in [2.45, 2.75) is 172 Å². The van der Waals surface area contributed by atoms with Gasteiger partial charge < -0.3 is 40.2 Å². The molecule has 16 aliphatic rings. The summed E-state index contributed by atoms with van der Waals surface area (Å²) < 4.78 is 60.5. The zero-order valence-corrected chi connectivity index (χ0v) is 89.3. The molecule has 0 saturated heterocycles. The Morgan fingerprint density at radius 3 is 0.917 bits per heavy atom. The van der Waals surface area contributed by atoms with Crippen LogP contribution in [0.5, 0.6) is 23.0 Å². The molecule has 144 heavy (non-hydrogen) atoms. The number of benzene rings is 8. The molecule has 12 aromatic rings. The Hall–Kier alpha value is -9.95. The molecule has 0 radical (unpaired) electrons. The second kappa shape index (κ2) is 39.6. The standard InChI is InChI=1S/C29H31Cl2N3O2.C29H31F2N3O2.C28H28BrCl2N3O2.C28H28Cl3N3O2/c2*1-16-4-8-20-25(12-16)36-11-10-21-26(33-34(27(20)21)24-9-7-19(30)14-23(24)31)28(35)32-15-17-5-6-18-13-22(17)29(18,2)3;1-28(2)16-4-3-15(21(28)11-16)14-32-27(35)25-20-9-10-36-24-12-17(29)5-7-19(24)26(20)34(33-25)23-8-6-18(30)13-22(23)31;1-28(2)16-4-3-15(21(28)11-16)14-32-27(35)25-20-9-10-36-24-13-18(30)5-7-19(24)26(20)34(33-25)23-8-6-17(29)12-22(23)31/h2*4,7-9,12,14,17-18,22H,5-6,10-11,13,15H2,1-3H3,(H,32,35);2*5-8,12-13,15-16,21H,3-4,9-11,14H2,1-2H3,(H,32,35). The first-order valence-corrected chi connectivity index (χ1v) is 54.1. The van der Waals surface area contributed by atoms with Crippen LogP contribution in [0.25, 0.3) is 67.8 Å². The summed E-state index contributed by atoms with van der Waals surface area (Å²) in [5.41, 5.74) is 17.0. The molecule has 28 rings (SSSR count). The van der Waals surface area contributed by atoms with Crippen LogP contribution in [0, 0.1) is 118 Å². The maximum atomic E-state index is 14.9. The maximum absolute atomic E-state index is 14.9. The molecule has 4 aliphatic heterocycles. The zero-order chi connectivity index (χ0) is 101. The highest BCUT2D eigenvalue weighted by molar-refractivity contribution is 9.10. The van der Waals surface area contributed by atoms with Gasteiger partial charge in [0.05, 0.1) is 81.3 Å². The van der Waals surface area contributed by atoms with Gasteiger partial charge in [-0.1, -0.05) is 165 Å². The number of rotatable bonds is 16. The molecule has 20 nitrogen and oxygen atoms in total. The second-order valence-corrected chi connectivity index (χ2v) is 47.9. The van der Waals surface area contributed by atoms with E-state index in [4.69, 9.17) is 115 Å². The summed E-state index contributed by atoms with van der Waals surface area (Å²) >= 11 is 48.2. The highest BCUT2D eigenvalue weighted by Crippen LogP contribution is 2.65. The lowest BCUT2D eigenvalue weighted by Gasteiger charge is -2.60. The lowest BCUT2D eigenvalue weighted by Crippen LogP contribution is -2.54. The highest BCUT2D eigenvalue weighted by atomic mass is 79.9. The third-order valence-corrected chi connectivity index (χ3v) is 37.4. The fraction of sp³-hybridized carbons (Fsp3) is 0.439. The van der Waals surface area contributed by atoms with E-state index in [-0.39, 0.29) is 35.0 Å². The Morgan fingerprint density at radius 1 is 0.347 bits per heavy atom. The Labute approximate surface area is 882 Å². The SMILES string of the molecule is CC1(C)C2CCC(CNC(=O)c3nn(-c4ccc(Cl)cc4Cl)c4c3CCOc3cc(Br)ccc3-4)C1C2.CC1(C)C2CCC(CNC(=O)c3nn(-c4ccc(Cl)cc4Cl)c4c3CCOc3cc(Cl)ccc3-4)C1C2.Cc1ccc2c(c1)OCCc1c(C(=O)NCC3CCC4CC3C4(C)C)nn(-c3ccc(Cl)cc3Cl)c1-2.Cc1ccc2c(c1)OCCc1c(C(=O)NCC3CCC4CC3C4(C)C)nn(-c3ccc(F)cc3F)c1-2. The van der Waals surface area contributed by atoms with Gasteiger partial charge in [-0.2, -0.15) is 20.4 Å². The van der Waals surface area contributed by atoms with E-state index in [1.54, 1.807) is 56.5 Å². The van der Waals surface area contributed by atoms with Crippen LogP contribution >= 0.6 is 97.1 Å². The van der Waals surface area contributed by atoms with Gasteiger partial charge in [-0.3, -0.25) is 19.2 Å². The normalized spacial score (nSPS) is 23.5. The molecule has 12 aliphatic carbocycles. The molecule has 30 heteroatoms. The van der Waals surface area contributed by atoms with Crippen molar-refractivity contribution < 1.29 is 46.9 Å². The van der Waals surface area contributed by atoms with Gasteiger partial charge in [0.25, 0.3) is 23.6 Å². The molecule has 0 spiro atoms. The summed E-state index contributed by atoms with van der Waals surface area (Å²) in [7, 11) is 0. The van der Waals surface area contributed by atoms with Gasteiger partial charge in [-0.05, 0) is 322 Å². The van der Waals surface area contributed by atoms with Crippen LogP contribution in [0.2, 0.25) is 35.2 Å². The highest BCUT2D eigenvalue weighted by Gasteiger charge is 2.58. The molecule has 12 atom stereocenters. The first kappa shape index (κ1) is 100.0. The molecule has 8 heterocycles. The Morgan fingerprint density at radius 2 is 0.618 bits per heavy atom. The van der Waals surface area contributed by atoms with Crippen LogP contribution in [0.15, 0.2) is 150 Å². The van der Waals surface area contributed by atoms with E-state index in [9.17, 15) is 28.0 Å². The van der Waals surface area contributed by atoms with E-state index in [1.165, 1.54) is 87.4 Å². The average Bonchev–Trinajstić information content (AvgIpc) is 1.27. The fourth-order valence-corrected chi connectivity index (χ4v) is 28.5. The number of halogens is 10. The number of fused-ring (bicyclic) bond motifs is 20. The smallest absolute Gasteiger partial charge is 0.272 e. The number of nitrogens with zero attached hydrogens (tertiary/aromatic N) is 8. The van der Waals surface area contributed by atoms with Gasteiger partial charge >= 0.3 is 0 Å². The van der Waals surface area contributed by atoms with E-state index < -0.39 is 11.6 Å². The van der Waals surface area contributed by atoms with Crippen molar-refractivity contribution in [1.29, 1.82) is 0 Å². The van der Waals surface area contributed by atoms with Crippen LogP contribution in [0.4, 0.5) is 8.78 Å². The van der Waals surface area contributed by atoms with E-state index in [0.29, 0.717) is 239 Å². The van der Waals surface area contributed by atoms with Crippen molar-refractivity contribution in [1.82, 2.24) is 60.4 Å². The second-order valence-electron chi connectivity index (χ2n) is 44.0. The van der Waals surface area contributed by atoms with Gasteiger partial charge in [0.15, 0.2) is 28.6 Å². The summed E-state index contributed by atoms with van der Waals surface area (Å²) in [5, 5.41) is 35.6. The molecular weight excluding hydrogens is 2030 g/mol. The Kier molecular flexibility index (Phi) is 27.5. The van der Waals surface area contributed by atoms with E-state index in [2.05, 4.69) is 104 Å². The van der Waals surface area contributed by atoms with Crippen molar-refractivity contribution >= 4 is 121 Å². The lowest BCUT2D eigenvalue weighted by molar-refractivity contribution is -0.103. The first-order valence-electron chi connectivity index (χ1n) is 50.7. The monoisotopic (exact) mass is 2140 g/mol. The Bertz CT molecular complexity index is 6290. The van der Waals surface area contributed by atoms with Crippen molar-refractivity contribution in [3.05, 3.63) is 253 Å². The van der Waals surface area contributed by atoms with Crippen LogP contribution in [0.3, 0.4) is 0 Å². The number of hydrogen-bond donors (Lipinski definition) is 4. The summed E-state index contributed by atoms with van der Waals surface area (Å²) in [6.07, 6.45) is 16.9. The maximum Gasteiger partial charge on any atom is 0.272 e.